The second kappa shape index (κ2) is 5.53. The summed E-state index contributed by atoms with van der Waals surface area (Å²) in [5.41, 5.74) is 5.09. The van der Waals surface area contributed by atoms with Crippen LogP contribution in [0.1, 0.15) is 28.0 Å². The predicted octanol–water partition coefficient (Wildman–Crippen LogP) is 1.27. The fourth-order valence-electron chi connectivity index (χ4n) is 1.33. The Morgan fingerprint density at radius 1 is 1.53 bits per heavy atom. The van der Waals surface area contributed by atoms with Crippen LogP contribution in [0.5, 0.6) is 5.88 Å². The number of nitrogens with two attached hydrogens (primary N) is 1. The lowest BCUT2D eigenvalue weighted by atomic mass is 10.1. The first-order valence-corrected chi connectivity index (χ1v) is 4.69. The molecule has 1 heterocycles. The number of rotatable bonds is 4. The number of hydrogen-bond acceptors (Lipinski definition) is 5. The van der Waals surface area contributed by atoms with Crippen LogP contribution >= 0.6 is 0 Å². The largest absolute Gasteiger partial charge is 0.480 e. The third kappa shape index (κ3) is 2.68. The van der Waals surface area contributed by atoms with Crippen molar-refractivity contribution in [2.45, 2.75) is 13.0 Å². The van der Waals surface area contributed by atoms with Gasteiger partial charge >= 0.3 is 5.97 Å². The van der Waals surface area contributed by atoms with Gasteiger partial charge in [0.05, 0.1) is 14.2 Å². The SMILES string of the molecule is COC(=O)c1c(CN)cc(C(F)F)nc1OC. The van der Waals surface area contributed by atoms with E-state index in [-0.39, 0.29) is 23.6 Å². The van der Waals surface area contributed by atoms with Gasteiger partial charge in [-0.1, -0.05) is 0 Å². The summed E-state index contributed by atoms with van der Waals surface area (Å²) in [5, 5.41) is 0. The number of carbonyl (C=O) groups is 1. The van der Waals surface area contributed by atoms with Crippen LogP contribution in [0.25, 0.3) is 0 Å². The van der Waals surface area contributed by atoms with E-state index in [2.05, 4.69) is 9.72 Å². The zero-order chi connectivity index (χ0) is 13.0. The monoisotopic (exact) mass is 246 g/mol. The van der Waals surface area contributed by atoms with Crippen LogP contribution in [-0.2, 0) is 11.3 Å². The Labute approximate surface area is 96.5 Å². The fourth-order valence-corrected chi connectivity index (χ4v) is 1.33. The quantitative estimate of drug-likeness (QED) is 0.810. The molecule has 0 radical (unpaired) electrons. The van der Waals surface area contributed by atoms with Crippen LogP contribution in [0.4, 0.5) is 8.78 Å². The highest BCUT2D eigenvalue weighted by atomic mass is 19.3. The number of methoxy groups -OCH3 is 2. The van der Waals surface area contributed by atoms with E-state index in [0.717, 1.165) is 6.07 Å². The summed E-state index contributed by atoms with van der Waals surface area (Å²) in [4.78, 5) is 15.0. The molecule has 0 unspecified atom stereocenters. The van der Waals surface area contributed by atoms with E-state index in [1.807, 2.05) is 0 Å². The summed E-state index contributed by atoms with van der Waals surface area (Å²) in [6, 6.07) is 1.07. The van der Waals surface area contributed by atoms with E-state index < -0.39 is 18.1 Å². The van der Waals surface area contributed by atoms with E-state index in [4.69, 9.17) is 10.5 Å². The number of nitrogens with zero attached hydrogens (tertiary/aromatic N) is 1. The molecule has 0 spiro atoms. The smallest absolute Gasteiger partial charge is 0.343 e. The van der Waals surface area contributed by atoms with Crippen molar-refractivity contribution in [1.82, 2.24) is 4.98 Å². The van der Waals surface area contributed by atoms with Crippen molar-refractivity contribution >= 4 is 5.97 Å². The van der Waals surface area contributed by atoms with E-state index in [9.17, 15) is 13.6 Å². The Bertz CT molecular complexity index is 399. The van der Waals surface area contributed by atoms with E-state index in [1.165, 1.54) is 14.2 Å². The van der Waals surface area contributed by atoms with Gasteiger partial charge in [-0.3, -0.25) is 0 Å². The van der Waals surface area contributed by atoms with Crippen molar-refractivity contribution in [2.24, 2.45) is 5.73 Å². The average molecular weight is 246 g/mol. The van der Waals surface area contributed by atoms with Crippen molar-refractivity contribution in [3.63, 3.8) is 0 Å². The Hall–Kier alpha value is -1.76. The fraction of sp³-hybridized carbons (Fsp3) is 0.400. The molecule has 0 amide bonds. The number of alkyl halides is 2. The summed E-state index contributed by atoms with van der Waals surface area (Å²) in [5.74, 6) is -0.939. The summed E-state index contributed by atoms with van der Waals surface area (Å²) >= 11 is 0. The third-order valence-electron chi connectivity index (χ3n) is 2.11. The molecule has 0 aliphatic rings. The zero-order valence-corrected chi connectivity index (χ0v) is 9.37. The van der Waals surface area contributed by atoms with Crippen molar-refractivity contribution in [1.29, 1.82) is 0 Å². The molecular weight excluding hydrogens is 234 g/mol. The minimum atomic E-state index is -2.76. The van der Waals surface area contributed by atoms with Gasteiger partial charge in [0, 0.05) is 6.54 Å². The summed E-state index contributed by atoms with van der Waals surface area (Å²) < 4.78 is 34.4. The van der Waals surface area contributed by atoms with Gasteiger partial charge in [0.1, 0.15) is 11.3 Å². The number of aromatic nitrogens is 1. The number of pyridine rings is 1. The Kier molecular flexibility index (Phi) is 4.33. The number of ether oxygens (including phenoxy) is 2. The van der Waals surface area contributed by atoms with Crippen LogP contribution in [0.3, 0.4) is 0 Å². The lowest BCUT2D eigenvalue weighted by molar-refractivity contribution is 0.0593. The molecule has 1 rings (SSSR count). The van der Waals surface area contributed by atoms with Gasteiger partial charge in [0.15, 0.2) is 0 Å². The van der Waals surface area contributed by atoms with Crippen LogP contribution in [0.15, 0.2) is 6.07 Å². The van der Waals surface area contributed by atoms with Crippen LogP contribution in [0.2, 0.25) is 0 Å². The summed E-state index contributed by atoms with van der Waals surface area (Å²) in [6.07, 6.45) is -2.76. The molecule has 7 heteroatoms. The van der Waals surface area contributed by atoms with Gasteiger partial charge in [-0.15, -0.1) is 0 Å². The van der Waals surface area contributed by atoms with Crippen LogP contribution < -0.4 is 10.5 Å². The minimum absolute atomic E-state index is 0.0260. The molecule has 0 saturated heterocycles. The molecule has 1 aromatic heterocycles. The Balaban J connectivity index is 3.41. The molecule has 17 heavy (non-hydrogen) atoms. The first-order valence-electron chi connectivity index (χ1n) is 4.69. The van der Waals surface area contributed by atoms with Gasteiger partial charge in [-0.2, -0.15) is 0 Å². The van der Waals surface area contributed by atoms with E-state index in [1.54, 1.807) is 0 Å². The molecule has 0 fully saturated rings. The lowest BCUT2D eigenvalue weighted by Gasteiger charge is -2.12. The maximum atomic E-state index is 12.5. The second-order valence-corrected chi connectivity index (χ2v) is 3.09. The van der Waals surface area contributed by atoms with Gasteiger partial charge in [0.2, 0.25) is 5.88 Å². The first kappa shape index (κ1) is 13.3. The highest BCUT2D eigenvalue weighted by Gasteiger charge is 2.22. The highest BCUT2D eigenvalue weighted by Crippen LogP contribution is 2.26. The maximum Gasteiger partial charge on any atom is 0.343 e. The second-order valence-electron chi connectivity index (χ2n) is 3.09. The van der Waals surface area contributed by atoms with Crippen LogP contribution in [0, 0.1) is 0 Å². The molecular formula is C10H12F2N2O3. The molecule has 0 bridgehead atoms. The first-order chi connectivity index (χ1) is 8.04. The maximum absolute atomic E-state index is 12.5. The van der Waals surface area contributed by atoms with Crippen molar-refractivity contribution in [2.75, 3.05) is 14.2 Å². The Morgan fingerprint density at radius 2 is 2.18 bits per heavy atom. The molecule has 0 aliphatic carbocycles. The minimum Gasteiger partial charge on any atom is -0.480 e. The zero-order valence-electron chi connectivity index (χ0n) is 9.37. The molecule has 1 aromatic rings. The van der Waals surface area contributed by atoms with Gasteiger partial charge in [0.25, 0.3) is 6.43 Å². The number of esters is 1. The number of carbonyl (C=O) groups excluding carboxylic acids is 1. The van der Waals surface area contributed by atoms with Crippen molar-refractivity contribution < 1.29 is 23.0 Å². The molecule has 0 aliphatic heterocycles. The lowest BCUT2D eigenvalue weighted by Crippen LogP contribution is -2.13. The van der Waals surface area contributed by atoms with Crippen LogP contribution in [-0.4, -0.2) is 25.2 Å². The van der Waals surface area contributed by atoms with E-state index in [0.29, 0.717) is 0 Å². The average Bonchev–Trinajstić information content (AvgIpc) is 2.35. The highest BCUT2D eigenvalue weighted by molar-refractivity contribution is 5.93. The standard InChI is InChI=1S/C10H12F2N2O3/c1-16-9-7(10(15)17-2)5(4-13)3-6(14-9)8(11)12/h3,8H,4,13H2,1-2H3. The molecule has 5 nitrogen and oxygen atoms in total. The topological polar surface area (TPSA) is 74.4 Å². The van der Waals surface area contributed by atoms with Gasteiger partial charge in [-0.05, 0) is 11.6 Å². The third-order valence-corrected chi connectivity index (χ3v) is 2.11. The molecule has 0 saturated carbocycles. The molecule has 94 valence electrons. The van der Waals surface area contributed by atoms with Crippen molar-refractivity contribution in [3.8, 4) is 5.88 Å². The predicted molar refractivity (Wildman–Crippen MR) is 55.0 cm³/mol. The normalized spacial score (nSPS) is 10.5. The molecule has 0 atom stereocenters. The van der Waals surface area contributed by atoms with E-state index >= 15 is 0 Å². The van der Waals surface area contributed by atoms with Gasteiger partial charge in [-0.25, -0.2) is 18.6 Å². The molecule has 0 aromatic carbocycles. The summed E-state index contributed by atoms with van der Waals surface area (Å²) in [6.45, 7) is -0.0942. The number of halogens is 2. The molecule has 2 N–H and O–H groups in total. The Morgan fingerprint density at radius 3 is 2.59 bits per heavy atom. The summed E-state index contributed by atoms with van der Waals surface area (Å²) in [7, 11) is 2.40. The van der Waals surface area contributed by atoms with Gasteiger partial charge < -0.3 is 15.2 Å². The van der Waals surface area contributed by atoms with Crippen molar-refractivity contribution in [3.05, 3.63) is 22.9 Å². The number of hydrogen-bond donors (Lipinski definition) is 1.